The molecule has 0 radical (unpaired) electrons. The van der Waals surface area contributed by atoms with Crippen LogP contribution in [0.25, 0.3) is 11.3 Å². The predicted octanol–water partition coefficient (Wildman–Crippen LogP) is 2.87. The Morgan fingerprint density at radius 2 is 1.82 bits per heavy atom. The molecule has 6 heteroatoms. The van der Waals surface area contributed by atoms with Crippen molar-refractivity contribution in [3.05, 3.63) is 66.5 Å². The summed E-state index contributed by atoms with van der Waals surface area (Å²) in [5.74, 6) is -0.0233. The molecule has 22 heavy (non-hydrogen) atoms. The Balaban J connectivity index is 1.93. The molecule has 1 amide bonds. The summed E-state index contributed by atoms with van der Waals surface area (Å²) in [6.45, 7) is 0. The maximum absolute atomic E-state index is 13.0. The smallest absolute Gasteiger partial charge is 0.256 e. The number of carbonyl (C=O) groups is 1. The van der Waals surface area contributed by atoms with Gasteiger partial charge < -0.3 is 9.88 Å². The average Bonchev–Trinajstić information content (AvgIpc) is 2.90. The fraction of sp³-hybridized carbons (Fsp3) is 0.0625. The summed E-state index contributed by atoms with van der Waals surface area (Å²) < 4.78 is 14.7. The van der Waals surface area contributed by atoms with Crippen molar-refractivity contribution in [2.75, 3.05) is 5.32 Å². The Labute approximate surface area is 126 Å². The van der Waals surface area contributed by atoms with Gasteiger partial charge in [-0.1, -0.05) is 0 Å². The van der Waals surface area contributed by atoms with Gasteiger partial charge in [-0.25, -0.2) is 9.37 Å². The monoisotopic (exact) mass is 296 g/mol. The van der Waals surface area contributed by atoms with Gasteiger partial charge in [-0.3, -0.25) is 9.78 Å². The number of anilines is 1. The summed E-state index contributed by atoms with van der Waals surface area (Å²) in [5, 5.41) is 2.83. The second-order valence-corrected chi connectivity index (χ2v) is 4.75. The van der Waals surface area contributed by atoms with E-state index in [-0.39, 0.29) is 11.7 Å². The Bertz CT molecular complexity index is 797. The van der Waals surface area contributed by atoms with E-state index >= 15 is 0 Å². The Morgan fingerprint density at radius 1 is 1.14 bits per heavy atom. The van der Waals surface area contributed by atoms with Crippen molar-refractivity contribution in [3.8, 4) is 11.3 Å². The van der Waals surface area contributed by atoms with Crippen molar-refractivity contribution in [1.29, 1.82) is 0 Å². The van der Waals surface area contributed by atoms with Crippen molar-refractivity contribution in [2.24, 2.45) is 7.05 Å². The number of aromatic nitrogens is 3. The molecule has 0 aliphatic rings. The zero-order valence-electron chi connectivity index (χ0n) is 11.8. The third kappa shape index (κ3) is 2.71. The number of nitrogens with zero attached hydrogens (tertiary/aromatic N) is 3. The number of pyridine rings is 1. The molecule has 110 valence electrons. The van der Waals surface area contributed by atoms with Gasteiger partial charge in [0.05, 0.1) is 6.33 Å². The average molecular weight is 296 g/mol. The van der Waals surface area contributed by atoms with Gasteiger partial charge in [-0.15, -0.1) is 0 Å². The molecular weight excluding hydrogens is 283 g/mol. The van der Waals surface area contributed by atoms with E-state index in [0.717, 1.165) is 5.56 Å². The highest BCUT2D eigenvalue weighted by Gasteiger charge is 2.15. The fourth-order valence-electron chi connectivity index (χ4n) is 2.08. The first-order valence-electron chi connectivity index (χ1n) is 6.64. The minimum Gasteiger partial charge on any atom is -0.320 e. The molecule has 0 aliphatic heterocycles. The lowest BCUT2D eigenvalue weighted by molar-refractivity contribution is 0.102. The van der Waals surface area contributed by atoms with Crippen molar-refractivity contribution >= 4 is 11.7 Å². The van der Waals surface area contributed by atoms with Crippen LogP contribution in [0.3, 0.4) is 0 Å². The minimum atomic E-state index is -0.318. The standard InChI is InChI=1S/C16H13FN4O/c1-21-10-19-14(11-2-4-13(17)5-3-11)15(21)20-16(22)12-6-8-18-9-7-12/h2-10H,1H3,(H,20,22). The number of nitrogens with one attached hydrogen (secondary N) is 1. The molecule has 0 fully saturated rings. The minimum absolute atomic E-state index is 0.255. The van der Waals surface area contributed by atoms with Crippen LogP contribution >= 0.6 is 0 Å². The van der Waals surface area contributed by atoms with Crippen molar-refractivity contribution < 1.29 is 9.18 Å². The van der Waals surface area contributed by atoms with Gasteiger partial charge in [0.25, 0.3) is 5.91 Å². The van der Waals surface area contributed by atoms with Crippen LogP contribution in [0.2, 0.25) is 0 Å². The molecule has 0 atom stereocenters. The van der Waals surface area contributed by atoms with Crippen LogP contribution in [0, 0.1) is 5.82 Å². The van der Waals surface area contributed by atoms with Crippen LogP contribution in [0.5, 0.6) is 0 Å². The number of imidazole rings is 1. The molecule has 1 N–H and O–H groups in total. The number of halogens is 1. The van der Waals surface area contributed by atoms with E-state index in [1.807, 2.05) is 0 Å². The Morgan fingerprint density at radius 3 is 2.50 bits per heavy atom. The van der Waals surface area contributed by atoms with E-state index < -0.39 is 0 Å². The summed E-state index contributed by atoms with van der Waals surface area (Å²) >= 11 is 0. The zero-order chi connectivity index (χ0) is 15.5. The lowest BCUT2D eigenvalue weighted by Crippen LogP contribution is -2.14. The molecule has 3 rings (SSSR count). The second-order valence-electron chi connectivity index (χ2n) is 4.75. The molecule has 0 unspecified atom stereocenters. The van der Waals surface area contributed by atoms with Crippen LogP contribution in [0.1, 0.15) is 10.4 Å². The molecule has 2 aromatic heterocycles. The SMILES string of the molecule is Cn1cnc(-c2ccc(F)cc2)c1NC(=O)c1ccncc1. The number of hydrogen-bond acceptors (Lipinski definition) is 3. The third-order valence-corrected chi connectivity index (χ3v) is 3.23. The van der Waals surface area contributed by atoms with Gasteiger partial charge in [-0.05, 0) is 36.4 Å². The second kappa shape index (κ2) is 5.77. The predicted molar refractivity (Wildman–Crippen MR) is 80.8 cm³/mol. The fourth-order valence-corrected chi connectivity index (χ4v) is 2.08. The highest BCUT2D eigenvalue weighted by Crippen LogP contribution is 2.26. The Kier molecular flexibility index (Phi) is 3.65. The van der Waals surface area contributed by atoms with E-state index in [4.69, 9.17) is 0 Å². The van der Waals surface area contributed by atoms with Crippen LogP contribution in [-0.2, 0) is 7.05 Å². The molecule has 0 bridgehead atoms. The van der Waals surface area contributed by atoms with E-state index in [2.05, 4.69) is 15.3 Å². The molecule has 0 saturated heterocycles. The number of rotatable bonds is 3. The van der Waals surface area contributed by atoms with Crippen molar-refractivity contribution in [3.63, 3.8) is 0 Å². The van der Waals surface area contributed by atoms with Crippen LogP contribution in [0.4, 0.5) is 10.2 Å². The van der Waals surface area contributed by atoms with Crippen LogP contribution < -0.4 is 5.32 Å². The van der Waals surface area contributed by atoms with Crippen molar-refractivity contribution in [2.45, 2.75) is 0 Å². The number of amides is 1. The molecular formula is C16H13FN4O. The third-order valence-electron chi connectivity index (χ3n) is 3.23. The van der Waals surface area contributed by atoms with E-state index in [1.54, 1.807) is 54.6 Å². The normalized spacial score (nSPS) is 10.5. The lowest BCUT2D eigenvalue weighted by atomic mass is 10.1. The first-order chi connectivity index (χ1) is 10.6. The molecule has 5 nitrogen and oxygen atoms in total. The van der Waals surface area contributed by atoms with Gasteiger partial charge in [-0.2, -0.15) is 0 Å². The summed E-state index contributed by atoms with van der Waals surface area (Å²) in [4.78, 5) is 20.4. The van der Waals surface area contributed by atoms with Gasteiger partial charge in [0.15, 0.2) is 0 Å². The van der Waals surface area contributed by atoms with E-state index in [0.29, 0.717) is 17.1 Å². The molecule has 0 aliphatic carbocycles. The topological polar surface area (TPSA) is 59.8 Å². The van der Waals surface area contributed by atoms with Gasteiger partial charge >= 0.3 is 0 Å². The number of aryl methyl sites for hydroxylation is 1. The van der Waals surface area contributed by atoms with Gasteiger partial charge in [0.1, 0.15) is 17.3 Å². The molecule has 0 spiro atoms. The lowest BCUT2D eigenvalue weighted by Gasteiger charge is -2.08. The molecule has 0 saturated carbocycles. The highest BCUT2D eigenvalue weighted by molar-refractivity contribution is 6.05. The van der Waals surface area contributed by atoms with Gasteiger partial charge in [0.2, 0.25) is 0 Å². The summed E-state index contributed by atoms with van der Waals surface area (Å²) in [5.41, 5.74) is 1.82. The number of carbonyl (C=O) groups excluding carboxylic acids is 1. The van der Waals surface area contributed by atoms with Crippen molar-refractivity contribution in [1.82, 2.24) is 14.5 Å². The quantitative estimate of drug-likeness (QED) is 0.808. The van der Waals surface area contributed by atoms with E-state index in [9.17, 15) is 9.18 Å². The maximum atomic E-state index is 13.0. The van der Waals surface area contributed by atoms with Gasteiger partial charge in [0, 0.05) is 30.6 Å². The first-order valence-corrected chi connectivity index (χ1v) is 6.64. The van der Waals surface area contributed by atoms with E-state index in [1.165, 1.54) is 12.1 Å². The largest absolute Gasteiger partial charge is 0.320 e. The molecule has 3 aromatic rings. The number of hydrogen-bond donors (Lipinski definition) is 1. The van der Waals surface area contributed by atoms with Crippen LogP contribution in [-0.4, -0.2) is 20.4 Å². The molecule has 2 heterocycles. The maximum Gasteiger partial charge on any atom is 0.256 e. The molecule has 1 aromatic carbocycles. The highest BCUT2D eigenvalue weighted by atomic mass is 19.1. The van der Waals surface area contributed by atoms with Crippen LogP contribution in [0.15, 0.2) is 55.1 Å². The number of benzene rings is 1. The summed E-state index contributed by atoms with van der Waals surface area (Å²) in [6, 6.07) is 9.23. The first kappa shape index (κ1) is 13.9. The Hall–Kier alpha value is -3.02. The summed E-state index contributed by atoms with van der Waals surface area (Å²) in [7, 11) is 1.78. The summed E-state index contributed by atoms with van der Waals surface area (Å²) in [6.07, 6.45) is 4.71. The zero-order valence-corrected chi connectivity index (χ0v) is 11.8.